The number of carbonyl (C=O) groups is 1. The summed E-state index contributed by atoms with van der Waals surface area (Å²) in [5.41, 5.74) is 2.16. The zero-order valence-electron chi connectivity index (χ0n) is 17.1. The zero-order chi connectivity index (χ0) is 22.7. The van der Waals surface area contributed by atoms with E-state index in [4.69, 9.17) is 5.11 Å². The fourth-order valence-corrected chi connectivity index (χ4v) is 3.93. The summed E-state index contributed by atoms with van der Waals surface area (Å²) in [5, 5.41) is 11.6. The predicted octanol–water partition coefficient (Wildman–Crippen LogP) is 3.50. The standard InChI is InChI=1S/C23H21F3N4O2/c24-23(25,26)19-6-2-1-4-15(19)12-16-13-21(29-14-28-16)30-10-8-17-18(5-3-7-20(17)30)22(32)27-9-11-31/h1-7,13-14,31H,8-12H2,(H,27,32). The van der Waals surface area contributed by atoms with Crippen LogP contribution in [0.2, 0.25) is 0 Å². The van der Waals surface area contributed by atoms with Crippen molar-refractivity contribution in [2.75, 3.05) is 24.6 Å². The van der Waals surface area contributed by atoms with Crippen LogP contribution < -0.4 is 10.2 Å². The summed E-state index contributed by atoms with van der Waals surface area (Å²) in [6, 6.07) is 12.5. The van der Waals surface area contributed by atoms with Gasteiger partial charge in [0.1, 0.15) is 12.1 Å². The first-order chi connectivity index (χ1) is 15.4. The van der Waals surface area contributed by atoms with E-state index in [0.29, 0.717) is 30.0 Å². The first kappa shape index (κ1) is 21.8. The molecule has 1 aliphatic rings. The van der Waals surface area contributed by atoms with E-state index in [1.165, 1.54) is 18.5 Å². The molecule has 3 aromatic rings. The number of benzene rings is 2. The molecule has 0 atom stereocenters. The molecule has 32 heavy (non-hydrogen) atoms. The molecule has 1 aliphatic heterocycles. The lowest BCUT2D eigenvalue weighted by Gasteiger charge is -2.19. The van der Waals surface area contributed by atoms with E-state index in [2.05, 4.69) is 15.3 Å². The van der Waals surface area contributed by atoms with Crippen LogP contribution in [-0.2, 0) is 19.0 Å². The molecule has 9 heteroatoms. The Kier molecular flexibility index (Phi) is 6.09. The molecule has 0 fully saturated rings. The number of aliphatic hydroxyl groups is 1. The minimum absolute atomic E-state index is 0.0233. The molecule has 0 aliphatic carbocycles. The van der Waals surface area contributed by atoms with Crippen molar-refractivity contribution >= 4 is 17.4 Å². The van der Waals surface area contributed by atoms with Crippen LogP contribution in [0.4, 0.5) is 24.7 Å². The van der Waals surface area contributed by atoms with E-state index in [-0.39, 0.29) is 31.0 Å². The number of amides is 1. The topological polar surface area (TPSA) is 78.4 Å². The van der Waals surface area contributed by atoms with Gasteiger partial charge in [0.15, 0.2) is 0 Å². The first-order valence-corrected chi connectivity index (χ1v) is 10.1. The highest BCUT2D eigenvalue weighted by Crippen LogP contribution is 2.36. The normalized spacial score (nSPS) is 13.2. The molecule has 1 aromatic heterocycles. The van der Waals surface area contributed by atoms with E-state index in [1.807, 2.05) is 11.0 Å². The van der Waals surface area contributed by atoms with Crippen LogP contribution in [0.1, 0.15) is 32.7 Å². The number of aliphatic hydroxyl groups excluding tert-OH is 1. The Hall–Kier alpha value is -3.46. The molecule has 0 saturated carbocycles. The largest absolute Gasteiger partial charge is 0.416 e. The number of carbonyl (C=O) groups excluding carboxylic acids is 1. The highest BCUT2D eigenvalue weighted by Gasteiger charge is 2.33. The van der Waals surface area contributed by atoms with Crippen LogP contribution in [0, 0.1) is 0 Å². The molecule has 0 radical (unpaired) electrons. The Morgan fingerprint density at radius 1 is 1.12 bits per heavy atom. The molecule has 4 rings (SSSR count). The molecule has 1 amide bonds. The lowest BCUT2D eigenvalue weighted by atomic mass is 10.0. The number of rotatable bonds is 6. The second-order valence-corrected chi connectivity index (χ2v) is 7.38. The van der Waals surface area contributed by atoms with Gasteiger partial charge in [-0.3, -0.25) is 4.79 Å². The summed E-state index contributed by atoms with van der Waals surface area (Å²) < 4.78 is 40.0. The third-order valence-corrected chi connectivity index (χ3v) is 5.35. The maximum absolute atomic E-state index is 13.3. The monoisotopic (exact) mass is 442 g/mol. The van der Waals surface area contributed by atoms with E-state index >= 15 is 0 Å². The van der Waals surface area contributed by atoms with Crippen molar-refractivity contribution in [3.8, 4) is 0 Å². The van der Waals surface area contributed by atoms with Gasteiger partial charge in [-0.2, -0.15) is 13.2 Å². The molecule has 0 saturated heterocycles. The van der Waals surface area contributed by atoms with Crippen molar-refractivity contribution in [3.63, 3.8) is 0 Å². The highest BCUT2D eigenvalue weighted by molar-refractivity contribution is 5.98. The molecule has 6 nitrogen and oxygen atoms in total. The maximum atomic E-state index is 13.3. The second kappa shape index (κ2) is 8.96. The maximum Gasteiger partial charge on any atom is 0.416 e. The molecule has 2 aromatic carbocycles. The van der Waals surface area contributed by atoms with Gasteiger partial charge < -0.3 is 15.3 Å². The van der Waals surface area contributed by atoms with Gasteiger partial charge in [-0.1, -0.05) is 24.3 Å². The lowest BCUT2D eigenvalue weighted by Crippen LogP contribution is -2.27. The predicted molar refractivity (Wildman–Crippen MR) is 113 cm³/mol. The van der Waals surface area contributed by atoms with Gasteiger partial charge in [0, 0.05) is 36.8 Å². The Morgan fingerprint density at radius 3 is 2.72 bits per heavy atom. The lowest BCUT2D eigenvalue weighted by molar-refractivity contribution is -0.138. The van der Waals surface area contributed by atoms with Gasteiger partial charge in [0.05, 0.1) is 17.9 Å². The van der Waals surface area contributed by atoms with Crippen LogP contribution in [0.25, 0.3) is 0 Å². The van der Waals surface area contributed by atoms with Crippen molar-refractivity contribution in [1.29, 1.82) is 0 Å². The molecule has 2 N–H and O–H groups in total. The Bertz CT molecular complexity index is 1130. The number of aromatic nitrogens is 2. The van der Waals surface area contributed by atoms with Gasteiger partial charge in [-0.15, -0.1) is 0 Å². The van der Waals surface area contributed by atoms with E-state index in [9.17, 15) is 18.0 Å². The number of nitrogens with one attached hydrogen (secondary N) is 1. The third-order valence-electron chi connectivity index (χ3n) is 5.35. The van der Waals surface area contributed by atoms with Gasteiger partial charge >= 0.3 is 6.18 Å². The first-order valence-electron chi connectivity index (χ1n) is 10.1. The minimum Gasteiger partial charge on any atom is -0.395 e. The number of nitrogens with zero attached hydrogens (tertiary/aromatic N) is 3. The van der Waals surface area contributed by atoms with Crippen molar-refractivity contribution in [1.82, 2.24) is 15.3 Å². The molecule has 0 unspecified atom stereocenters. The fraction of sp³-hybridized carbons (Fsp3) is 0.261. The van der Waals surface area contributed by atoms with E-state index < -0.39 is 11.7 Å². The van der Waals surface area contributed by atoms with Crippen LogP contribution in [0.3, 0.4) is 0 Å². The second-order valence-electron chi connectivity index (χ2n) is 7.38. The van der Waals surface area contributed by atoms with Gasteiger partial charge in [-0.25, -0.2) is 9.97 Å². The molecule has 2 heterocycles. The third kappa shape index (κ3) is 4.43. The smallest absolute Gasteiger partial charge is 0.395 e. The van der Waals surface area contributed by atoms with Crippen molar-refractivity contribution in [2.45, 2.75) is 19.0 Å². The Labute approximate surface area is 182 Å². The Balaban J connectivity index is 1.61. The van der Waals surface area contributed by atoms with Crippen molar-refractivity contribution < 1.29 is 23.1 Å². The summed E-state index contributed by atoms with van der Waals surface area (Å²) in [6.07, 6.45) is -2.45. The minimum atomic E-state index is -4.44. The summed E-state index contributed by atoms with van der Waals surface area (Å²) in [6.45, 7) is 0.601. The molecular weight excluding hydrogens is 421 g/mol. The molecule has 0 bridgehead atoms. The molecular formula is C23H21F3N4O2. The zero-order valence-corrected chi connectivity index (χ0v) is 17.1. The summed E-state index contributed by atoms with van der Waals surface area (Å²) in [5.74, 6) is 0.302. The Morgan fingerprint density at radius 2 is 1.94 bits per heavy atom. The molecule has 166 valence electrons. The molecule has 0 spiro atoms. The number of hydrogen-bond acceptors (Lipinski definition) is 5. The highest BCUT2D eigenvalue weighted by atomic mass is 19.4. The fourth-order valence-electron chi connectivity index (χ4n) is 3.93. The summed E-state index contributed by atoms with van der Waals surface area (Å²) >= 11 is 0. The van der Waals surface area contributed by atoms with Gasteiger partial charge in [0.25, 0.3) is 5.91 Å². The van der Waals surface area contributed by atoms with Crippen LogP contribution in [0.15, 0.2) is 54.9 Å². The van der Waals surface area contributed by atoms with Crippen LogP contribution >= 0.6 is 0 Å². The van der Waals surface area contributed by atoms with Gasteiger partial charge in [-0.05, 0) is 35.7 Å². The quantitative estimate of drug-likeness (QED) is 0.611. The average molecular weight is 442 g/mol. The summed E-state index contributed by atoms with van der Waals surface area (Å²) in [7, 11) is 0. The van der Waals surface area contributed by atoms with Crippen molar-refractivity contribution in [3.05, 3.63) is 82.8 Å². The van der Waals surface area contributed by atoms with Gasteiger partial charge in [0.2, 0.25) is 0 Å². The van der Waals surface area contributed by atoms with Crippen LogP contribution in [0.5, 0.6) is 0 Å². The number of hydrogen-bond donors (Lipinski definition) is 2. The number of halogens is 3. The number of alkyl halides is 3. The SMILES string of the molecule is O=C(NCCO)c1cccc2c1CCN2c1cc(Cc2ccccc2C(F)(F)F)ncn1. The van der Waals surface area contributed by atoms with E-state index in [1.54, 1.807) is 24.3 Å². The summed E-state index contributed by atoms with van der Waals surface area (Å²) in [4.78, 5) is 22.8. The number of anilines is 2. The number of fused-ring (bicyclic) bond motifs is 1. The van der Waals surface area contributed by atoms with Crippen molar-refractivity contribution in [2.24, 2.45) is 0 Å². The average Bonchev–Trinajstić information content (AvgIpc) is 3.21. The van der Waals surface area contributed by atoms with Crippen LogP contribution in [-0.4, -0.2) is 40.7 Å². The van der Waals surface area contributed by atoms with E-state index in [0.717, 1.165) is 17.3 Å².